The molecule has 0 bridgehead atoms. The Balaban J connectivity index is 0.00000245. The Morgan fingerprint density at radius 1 is 0.938 bits per heavy atom. The lowest BCUT2D eigenvalue weighted by Gasteiger charge is -2.35. The van der Waals surface area contributed by atoms with Gasteiger partial charge in [0.15, 0.2) is 12.2 Å². The van der Waals surface area contributed by atoms with Crippen LogP contribution in [-0.2, 0) is 13.6 Å². The molecule has 0 saturated carbocycles. The Morgan fingerprint density at radius 2 is 1.69 bits per heavy atom. The average molecular weight is 452 g/mol. The molecular weight excluding hydrogens is 426 g/mol. The number of hydrogen-bond donors (Lipinski definition) is 0. The predicted molar refractivity (Wildman–Crippen MR) is 126 cm³/mol. The van der Waals surface area contributed by atoms with Gasteiger partial charge in [0.2, 0.25) is 0 Å². The van der Waals surface area contributed by atoms with E-state index in [0.717, 1.165) is 61.1 Å². The van der Waals surface area contributed by atoms with Crippen molar-refractivity contribution in [2.24, 2.45) is 7.05 Å². The van der Waals surface area contributed by atoms with Crippen molar-refractivity contribution in [3.8, 4) is 22.6 Å². The van der Waals surface area contributed by atoms with Gasteiger partial charge in [0, 0.05) is 74.5 Å². The molecule has 5 rings (SSSR count). The van der Waals surface area contributed by atoms with Gasteiger partial charge >= 0.3 is 0 Å². The number of aromatic nitrogens is 5. The Kier molecular flexibility index (Phi) is 6.53. The first-order valence-electron chi connectivity index (χ1n) is 10.4. The summed E-state index contributed by atoms with van der Waals surface area (Å²) in [7, 11) is 2.01. The summed E-state index contributed by atoms with van der Waals surface area (Å²) in [5.41, 5.74) is 5.64. The maximum Gasteiger partial charge on any atom is 0.181 e. The molecule has 166 valence electrons. The third kappa shape index (κ3) is 4.37. The number of rotatable bonds is 5. The van der Waals surface area contributed by atoms with Crippen molar-refractivity contribution in [3.05, 3.63) is 66.7 Å². The number of oxazole rings is 1. The molecule has 0 radical (unpaired) electrons. The number of benzene rings is 1. The van der Waals surface area contributed by atoms with E-state index in [0.29, 0.717) is 0 Å². The van der Waals surface area contributed by atoms with Gasteiger partial charge in [0.25, 0.3) is 0 Å². The van der Waals surface area contributed by atoms with E-state index >= 15 is 0 Å². The molecule has 0 N–H and O–H groups in total. The van der Waals surface area contributed by atoms with Crippen molar-refractivity contribution < 1.29 is 4.42 Å². The minimum atomic E-state index is 0. The molecule has 4 aromatic rings. The van der Waals surface area contributed by atoms with Crippen LogP contribution in [0.25, 0.3) is 22.6 Å². The highest BCUT2D eigenvalue weighted by molar-refractivity contribution is 5.85. The summed E-state index contributed by atoms with van der Waals surface area (Å²) in [5.74, 6) is 1.72. The Hall–Kier alpha value is -3.23. The lowest BCUT2D eigenvalue weighted by atomic mass is 10.0. The highest BCUT2D eigenvalue weighted by Crippen LogP contribution is 2.29. The van der Waals surface area contributed by atoms with E-state index in [-0.39, 0.29) is 12.4 Å². The topological polar surface area (TPSA) is 76.1 Å². The Labute approximate surface area is 193 Å². The van der Waals surface area contributed by atoms with Crippen molar-refractivity contribution in [3.63, 3.8) is 0 Å². The third-order valence-electron chi connectivity index (χ3n) is 5.96. The first kappa shape index (κ1) is 22.0. The molecule has 0 amide bonds. The molecule has 32 heavy (non-hydrogen) atoms. The highest BCUT2D eigenvalue weighted by atomic mass is 35.5. The first-order chi connectivity index (χ1) is 15.2. The molecule has 4 heterocycles. The molecule has 1 aliphatic rings. The number of aryl methyl sites for hydroxylation is 1. The van der Waals surface area contributed by atoms with Crippen LogP contribution < -0.4 is 4.90 Å². The van der Waals surface area contributed by atoms with Crippen molar-refractivity contribution in [1.82, 2.24) is 29.6 Å². The SMILES string of the molecule is Cc1c(CN2CCN(c3cnccn3)CC2)c(-c2ccc(-c3cnco3)cc2)nn1C.Cl. The lowest BCUT2D eigenvalue weighted by molar-refractivity contribution is 0.249. The van der Waals surface area contributed by atoms with Crippen molar-refractivity contribution >= 4 is 18.2 Å². The second kappa shape index (κ2) is 9.50. The normalized spacial score (nSPS) is 14.4. The number of piperazine rings is 1. The maximum atomic E-state index is 5.40. The second-order valence-electron chi connectivity index (χ2n) is 7.81. The van der Waals surface area contributed by atoms with Crippen LogP contribution in [0.15, 0.2) is 59.9 Å². The van der Waals surface area contributed by atoms with Gasteiger partial charge in [-0.3, -0.25) is 14.6 Å². The van der Waals surface area contributed by atoms with E-state index in [1.807, 2.05) is 17.9 Å². The van der Waals surface area contributed by atoms with E-state index in [1.54, 1.807) is 18.6 Å². The van der Waals surface area contributed by atoms with E-state index in [2.05, 4.69) is 55.9 Å². The molecule has 1 saturated heterocycles. The van der Waals surface area contributed by atoms with E-state index in [1.165, 1.54) is 17.7 Å². The lowest BCUT2D eigenvalue weighted by Crippen LogP contribution is -2.46. The first-order valence-corrected chi connectivity index (χ1v) is 10.4. The molecule has 0 aliphatic carbocycles. The molecule has 9 heteroatoms. The number of nitrogens with zero attached hydrogens (tertiary/aromatic N) is 7. The van der Waals surface area contributed by atoms with Gasteiger partial charge < -0.3 is 9.32 Å². The Bertz CT molecular complexity index is 1140. The van der Waals surface area contributed by atoms with Gasteiger partial charge in [-0.15, -0.1) is 12.4 Å². The van der Waals surface area contributed by atoms with Crippen LogP contribution in [0.3, 0.4) is 0 Å². The van der Waals surface area contributed by atoms with Crippen LogP contribution in [0.5, 0.6) is 0 Å². The van der Waals surface area contributed by atoms with Crippen molar-refractivity contribution in [1.29, 1.82) is 0 Å². The van der Waals surface area contributed by atoms with Crippen LogP contribution >= 0.6 is 12.4 Å². The van der Waals surface area contributed by atoms with E-state index in [9.17, 15) is 0 Å². The number of halogens is 1. The van der Waals surface area contributed by atoms with Gasteiger partial charge in [-0.1, -0.05) is 24.3 Å². The fraction of sp³-hybridized carbons (Fsp3) is 0.304. The van der Waals surface area contributed by atoms with Crippen LogP contribution in [-0.4, -0.2) is 55.8 Å². The van der Waals surface area contributed by atoms with Crippen LogP contribution in [0.2, 0.25) is 0 Å². The van der Waals surface area contributed by atoms with E-state index < -0.39 is 0 Å². The molecule has 0 atom stereocenters. The summed E-state index contributed by atoms with van der Waals surface area (Å²) in [6.45, 7) is 6.87. The second-order valence-corrected chi connectivity index (χ2v) is 7.81. The Morgan fingerprint density at radius 3 is 2.34 bits per heavy atom. The monoisotopic (exact) mass is 451 g/mol. The average Bonchev–Trinajstić information content (AvgIpc) is 3.45. The molecule has 1 aliphatic heterocycles. The quantitative estimate of drug-likeness (QED) is 0.459. The summed E-state index contributed by atoms with van der Waals surface area (Å²) in [6.07, 6.45) is 8.48. The summed E-state index contributed by atoms with van der Waals surface area (Å²) >= 11 is 0. The molecule has 3 aromatic heterocycles. The zero-order valence-electron chi connectivity index (χ0n) is 18.2. The van der Waals surface area contributed by atoms with Gasteiger partial charge in [-0.2, -0.15) is 5.10 Å². The number of hydrogen-bond acceptors (Lipinski definition) is 7. The van der Waals surface area contributed by atoms with Gasteiger partial charge in [0.1, 0.15) is 5.82 Å². The van der Waals surface area contributed by atoms with Crippen LogP contribution in [0.1, 0.15) is 11.3 Å². The third-order valence-corrected chi connectivity index (χ3v) is 5.96. The molecule has 0 spiro atoms. The molecular formula is C23H26ClN7O. The van der Waals surface area contributed by atoms with Gasteiger partial charge in [-0.25, -0.2) is 9.97 Å². The van der Waals surface area contributed by atoms with Crippen molar-refractivity contribution in [2.45, 2.75) is 13.5 Å². The molecule has 1 fully saturated rings. The number of anilines is 1. The smallest absolute Gasteiger partial charge is 0.181 e. The summed E-state index contributed by atoms with van der Waals surface area (Å²) < 4.78 is 7.38. The van der Waals surface area contributed by atoms with Gasteiger partial charge in [-0.05, 0) is 6.92 Å². The molecule has 0 unspecified atom stereocenters. The summed E-state index contributed by atoms with van der Waals surface area (Å²) in [5, 5.41) is 4.83. The van der Waals surface area contributed by atoms with Crippen LogP contribution in [0.4, 0.5) is 5.82 Å². The zero-order valence-corrected chi connectivity index (χ0v) is 19.0. The van der Waals surface area contributed by atoms with Crippen LogP contribution in [0, 0.1) is 6.92 Å². The summed E-state index contributed by atoms with van der Waals surface area (Å²) in [4.78, 5) is 17.4. The minimum Gasteiger partial charge on any atom is -0.444 e. The highest BCUT2D eigenvalue weighted by Gasteiger charge is 2.22. The zero-order chi connectivity index (χ0) is 21.2. The standard InChI is InChI=1S/C23H25N7O.ClH/c1-17-20(15-29-9-11-30(12-10-29)22-14-24-7-8-26-22)23(27-28(17)2)19-5-3-18(4-6-19)21-13-25-16-31-21;/h3-8,13-14,16H,9-12,15H2,1-2H3;1H. The predicted octanol–water partition coefficient (Wildman–Crippen LogP) is 3.58. The molecule has 1 aromatic carbocycles. The fourth-order valence-electron chi connectivity index (χ4n) is 4.04. The van der Waals surface area contributed by atoms with Crippen molar-refractivity contribution in [2.75, 3.05) is 31.1 Å². The van der Waals surface area contributed by atoms with Gasteiger partial charge in [0.05, 0.1) is 18.1 Å². The maximum absolute atomic E-state index is 5.40. The minimum absolute atomic E-state index is 0. The fourth-order valence-corrected chi connectivity index (χ4v) is 4.04. The summed E-state index contributed by atoms with van der Waals surface area (Å²) in [6, 6.07) is 8.33. The molecule has 8 nitrogen and oxygen atoms in total. The van der Waals surface area contributed by atoms with E-state index in [4.69, 9.17) is 9.52 Å². The largest absolute Gasteiger partial charge is 0.444 e.